The third kappa shape index (κ3) is 4.07. The van der Waals surface area contributed by atoms with E-state index < -0.39 is 0 Å². The molecule has 1 aromatic heterocycles. The molecule has 2 rings (SSSR count). The van der Waals surface area contributed by atoms with Crippen LogP contribution in [-0.4, -0.2) is 21.9 Å². The van der Waals surface area contributed by atoms with E-state index in [0.29, 0.717) is 26.1 Å². The Bertz CT molecular complexity index is 631. The largest absolute Gasteiger partial charge is 0.345 e. The molecule has 2 aromatic rings. The fraction of sp³-hybridized carbons (Fsp3) is 0.278. The van der Waals surface area contributed by atoms with Crippen molar-refractivity contribution in [1.82, 2.24) is 9.47 Å². The minimum absolute atomic E-state index is 0.106. The SMILES string of the molecule is C=CCN(Cc1cccn1Cc1ccc(F)cc1)C(=O)CC. The Morgan fingerprint density at radius 3 is 2.68 bits per heavy atom. The van der Waals surface area contributed by atoms with Crippen molar-refractivity contribution in [3.63, 3.8) is 0 Å². The molecule has 0 radical (unpaired) electrons. The maximum absolute atomic E-state index is 13.0. The predicted octanol–water partition coefficient (Wildman–Crippen LogP) is 3.60. The van der Waals surface area contributed by atoms with Crippen molar-refractivity contribution in [2.75, 3.05) is 6.54 Å². The summed E-state index contributed by atoms with van der Waals surface area (Å²) >= 11 is 0. The normalized spacial score (nSPS) is 10.5. The van der Waals surface area contributed by atoms with Gasteiger partial charge in [-0.05, 0) is 29.8 Å². The second-order valence-electron chi connectivity index (χ2n) is 5.17. The molecule has 0 unspecified atom stereocenters. The summed E-state index contributed by atoms with van der Waals surface area (Å²) in [6.45, 7) is 7.31. The summed E-state index contributed by atoms with van der Waals surface area (Å²) in [5.74, 6) is -0.128. The third-order valence-corrected chi connectivity index (χ3v) is 3.55. The van der Waals surface area contributed by atoms with Crippen molar-refractivity contribution in [1.29, 1.82) is 0 Å². The van der Waals surface area contributed by atoms with Crippen LogP contribution < -0.4 is 0 Å². The van der Waals surface area contributed by atoms with Crippen LogP contribution in [0.5, 0.6) is 0 Å². The highest BCUT2D eigenvalue weighted by Crippen LogP contribution is 2.12. The van der Waals surface area contributed by atoms with E-state index in [1.165, 1.54) is 12.1 Å². The van der Waals surface area contributed by atoms with E-state index in [1.54, 1.807) is 23.1 Å². The van der Waals surface area contributed by atoms with Crippen molar-refractivity contribution >= 4 is 5.91 Å². The van der Waals surface area contributed by atoms with Crippen LogP contribution in [0.25, 0.3) is 0 Å². The zero-order chi connectivity index (χ0) is 15.9. The molecule has 116 valence electrons. The second kappa shape index (κ2) is 7.59. The molecule has 1 amide bonds. The van der Waals surface area contributed by atoms with Crippen LogP contribution >= 0.6 is 0 Å². The minimum atomic E-state index is -0.234. The van der Waals surface area contributed by atoms with E-state index >= 15 is 0 Å². The van der Waals surface area contributed by atoms with Gasteiger partial charge in [0, 0.05) is 31.4 Å². The van der Waals surface area contributed by atoms with Gasteiger partial charge in [-0.3, -0.25) is 4.79 Å². The lowest BCUT2D eigenvalue weighted by molar-refractivity contribution is -0.131. The number of nitrogens with zero attached hydrogens (tertiary/aromatic N) is 2. The third-order valence-electron chi connectivity index (χ3n) is 3.55. The summed E-state index contributed by atoms with van der Waals surface area (Å²) in [5.41, 5.74) is 2.07. The lowest BCUT2D eigenvalue weighted by Crippen LogP contribution is -2.30. The molecule has 0 spiro atoms. The summed E-state index contributed by atoms with van der Waals surface area (Å²) in [6.07, 6.45) is 4.19. The Kier molecular flexibility index (Phi) is 5.53. The number of carbonyl (C=O) groups is 1. The van der Waals surface area contributed by atoms with Gasteiger partial charge >= 0.3 is 0 Å². The zero-order valence-corrected chi connectivity index (χ0v) is 12.8. The Morgan fingerprint density at radius 2 is 2.05 bits per heavy atom. The molecular formula is C18H21FN2O. The number of aromatic nitrogens is 1. The lowest BCUT2D eigenvalue weighted by atomic mass is 10.2. The molecule has 0 aliphatic heterocycles. The maximum Gasteiger partial charge on any atom is 0.222 e. The number of halogens is 1. The first-order valence-corrected chi connectivity index (χ1v) is 7.41. The van der Waals surface area contributed by atoms with E-state index in [-0.39, 0.29) is 11.7 Å². The van der Waals surface area contributed by atoms with E-state index in [4.69, 9.17) is 0 Å². The molecule has 3 nitrogen and oxygen atoms in total. The fourth-order valence-electron chi connectivity index (χ4n) is 2.36. The van der Waals surface area contributed by atoms with Gasteiger partial charge in [0.15, 0.2) is 0 Å². The molecule has 0 saturated carbocycles. The Hall–Kier alpha value is -2.36. The summed E-state index contributed by atoms with van der Waals surface area (Å²) in [4.78, 5) is 13.7. The van der Waals surface area contributed by atoms with Gasteiger partial charge in [-0.15, -0.1) is 6.58 Å². The van der Waals surface area contributed by atoms with Gasteiger partial charge in [-0.2, -0.15) is 0 Å². The maximum atomic E-state index is 13.0. The van der Waals surface area contributed by atoms with Crippen molar-refractivity contribution in [2.24, 2.45) is 0 Å². The first kappa shape index (κ1) is 16.0. The van der Waals surface area contributed by atoms with Gasteiger partial charge in [0.05, 0.1) is 6.54 Å². The molecule has 4 heteroatoms. The Labute approximate surface area is 130 Å². The summed E-state index contributed by atoms with van der Waals surface area (Å²) in [6, 6.07) is 10.4. The highest BCUT2D eigenvalue weighted by atomic mass is 19.1. The first-order chi connectivity index (χ1) is 10.6. The van der Waals surface area contributed by atoms with Gasteiger partial charge in [0.25, 0.3) is 0 Å². The molecule has 0 fully saturated rings. The molecule has 1 heterocycles. The van der Waals surface area contributed by atoms with Gasteiger partial charge in [-0.25, -0.2) is 4.39 Å². The van der Waals surface area contributed by atoms with Crippen molar-refractivity contribution in [3.05, 3.63) is 72.3 Å². The number of hydrogen-bond acceptors (Lipinski definition) is 1. The second-order valence-corrected chi connectivity index (χ2v) is 5.17. The van der Waals surface area contributed by atoms with E-state index in [9.17, 15) is 9.18 Å². The molecule has 0 bridgehead atoms. The summed E-state index contributed by atoms with van der Waals surface area (Å²) in [5, 5.41) is 0. The zero-order valence-electron chi connectivity index (χ0n) is 12.8. The summed E-state index contributed by atoms with van der Waals surface area (Å²) in [7, 11) is 0. The van der Waals surface area contributed by atoms with Gasteiger partial charge in [0.1, 0.15) is 5.82 Å². The smallest absolute Gasteiger partial charge is 0.222 e. The topological polar surface area (TPSA) is 25.2 Å². The van der Waals surface area contributed by atoms with Crippen LogP contribution in [0.3, 0.4) is 0 Å². The molecule has 0 atom stereocenters. The van der Waals surface area contributed by atoms with Crippen molar-refractivity contribution in [2.45, 2.75) is 26.4 Å². The van der Waals surface area contributed by atoms with Crippen LogP contribution in [0.4, 0.5) is 4.39 Å². The van der Waals surface area contributed by atoms with Crippen LogP contribution in [0.15, 0.2) is 55.3 Å². The number of rotatable bonds is 7. The van der Waals surface area contributed by atoms with Crippen LogP contribution in [0.2, 0.25) is 0 Å². The molecule has 0 aliphatic carbocycles. The van der Waals surface area contributed by atoms with E-state index in [1.807, 2.05) is 25.3 Å². The van der Waals surface area contributed by atoms with Crippen LogP contribution in [-0.2, 0) is 17.9 Å². The van der Waals surface area contributed by atoms with E-state index in [0.717, 1.165) is 11.3 Å². The minimum Gasteiger partial charge on any atom is -0.345 e. The quantitative estimate of drug-likeness (QED) is 0.717. The van der Waals surface area contributed by atoms with Crippen molar-refractivity contribution in [3.8, 4) is 0 Å². The molecule has 0 saturated heterocycles. The first-order valence-electron chi connectivity index (χ1n) is 7.41. The van der Waals surface area contributed by atoms with Gasteiger partial charge in [-0.1, -0.05) is 25.1 Å². The summed E-state index contributed by atoms with van der Waals surface area (Å²) < 4.78 is 15.0. The molecule has 1 aromatic carbocycles. The molecular weight excluding hydrogens is 279 g/mol. The lowest BCUT2D eigenvalue weighted by Gasteiger charge is -2.21. The Morgan fingerprint density at radius 1 is 1.32 bits per heavy atom. The van der Waals surface area contributed by atoms with Gasteiger partial charge < -0.3 is 9.47 Å². The highest BCUT2D eigenvalue weighted by Gasteiger charge is 2.12. The fourth-order valence-corrected chi connectivity index (χ4v) is 2.36. The Balaban J connectivity index is 2.12. The number of amides is 1. The number of carbonyl (C=O) groups excluding carboxylic acids is 1. The monoisotopic (exact) mass is 300 g/mol. The highest BCUT2D eigenvalue weighted by molar-refractivity contribution is 5.75. The molecule has 22 heavy (non-hydrogen) atoms. The molecule has 0 aliphatic rings. The average Bonchev–Trinajstić information content (AvgIpc) is 2.95. The van der Waals surface area contributed by atoms with E-state index in [2.05, 4.69) is 11.1 Å². The predicted molar refractivity (Wildman–Crippen MR) is 85.8 cm³/mol. The van der Waals surface area contributed by atoms with Crippen LogP contribution in [0.1, 0.15) is 24.6 Å². The van der Waals surface area contributed by atoms with Crippen LogP contribution in [0, 0.1) is 5.82 Å². The average molecular weight is 300 g/mol. The number of hydrogen-bond donors (Lipinski definition) is 0. The number of benzene rings is 1. The standard InChI is InChI=1S/C18H21FN2O/c1-3-11-21(18(22)4-2)14-17-6-5-12-20(17)13-15-7-9-16(19)10-8-15/h3,5-10,12H,1,4,11,13-14H2,2H3. The van der Waals surface area contributed by atoms with Crippen molar-refractivity contribution < 1.29 is 9.18 Å². The molecule has 0 N–H and O–H groups in total. The van der Waals surface area contributed by atoms with Gasteiger partial charge in [0.2, 0.25) is 5.91 Å².